The normalized spacial score (nSPS) is 23.8. The highest BCUT2D eigenvalue weighted by molar-refractivity contribution is 9.10. The van der Waals surface area contributed by atoms with Crippen LogP contribution in [0.5, 0.6) is 0 Å². The summed E-state index contributed by atoms with van der Waals surface area (Å²) in [6, 6.07) is 0. The molecule has 2 rings (SSSR count). The number of nitrogens with one attached hydrogen (secondary N) is 1. The maximum atomic E-state index is 4.52. The van der Waals surface area contributed by atoms with Crippen LogP contribution in [-0.4, -0.2) is 22.9 Å². The molecule has 0 bridgehead atoms. The summed E-state index contributed by atoms with van der Waals surface area (Å²) in [6.07, 6.45) is 6.70. The second-order valence-corrected chi connectivity index (χ2v) is 6.58. The van der Waals surface area contributed by atoms with Gasteiger partial charge in [0.1, 0.15) is 0 Å². The second kappa shape index (κ2) is 6.89. The molecule has 1 saturated carbocycles. The molecule has 0 aliphatic heterocycles. The molecule has 3 nitrogen and oxygen atoms in total. The molecule has 0 spiro atoms. The van der Waals surface area contributed by atoms with E-state index in [4.69, 9.17) is 0 Å². The van der Waals surface area contributed by atoms with Gasteiger partial charge in [-0.2, -0.15) is 5.10 Å². The van der Waals surface area contributed by atoms with Crippen molar-refractivity contribution in [3.8, 4) is 0 Å². The molecule has 2 atom stereocenters. The molecular formula is C15H26BrN3. The molecule has 1 aromatic rings. The van der Waals surface area contributed by atoms with E-state index in [0.29, 0.717) is 0 Å². The van der Waals surface area contributed by atoms with Gasteiger partial charge in [0.2, 0.25) is 0 Å². The Kier molecular flexibility index (Phi) is 5.46. The maximum absolute atomic E-state index is 4.52. The summed E-state index contributed by atoms with van der Waals surface area (Å²) in [5.41, 5.74) is 2.47. The number of nitrogens with zero attached hydrogens (tertiary/aromatic N) is 2. The van der Waals surface area contributed by atoms with E-state index < -0.39 is 0 Å². The van der Waals surface area contributed by atoms with Gasteiger partial charge in [-0.15, -0.1) is 0 Å². The van der Waals surface area contributed by atoms with E-state index in [9.17, 15) is 0 Å². The summed E-state index contributed by atoms with van der Waals surface area (Å²) in [7, 11) is 2.06. The highest BCUT2D eigenvalue weighted by Gasteiger charge is 2.27. The topological polar surface area (TPSA) is 29.9 Å². The molecule has 108 valence electrons. The van der Waals surface area contributed by atoms with E-state index in [2.05, 4.69) is 51.9 Å². The molecule has 1 N–H and O–H groups in total. The third kappa shape index (κ3) is 3.60. The Hall–Kier alpha value is -0.350. The first-order chi connectivity index (χ1) is 9.13. The first kappa shape index (κ1) is 15.0. The van der Waals surface area contributed by atoms with Crippen LogP contribution < -0.4 is 5.32 Å². The second-order valence-electron chi connectivity index (χ2n) is 5.79. The quantitative estimate of drug-likeness (QED) is 0.897. The van der Waals surface area contributed by atoms with Gasteiger partial charge in [0, 0.05) is 7.05 Å². The molecule has 2 unspecified atom stereocenters. The summed E-state index contributed by atoms with van der Waals surface area (Å²) >= 11 is 3.70. The SMILES string of the molecule is CCNCC1CCCCC1Cc1c(Br)c(C)nn1C. The maximum Gasteiger partial charge on any atom is 0.0738 e. The van der Waals surface area contributed by atoms with Crippen molar-refractivity contribution >= 4 is 15.9 Å². The third-order valence-electron chi connectivity index (χ3n) is 4.44. The highest BCUT2D eigenvalue weighted by Crippen LogP contribution is 2.34. The summed E-state index contributed by atoms with van der Waals surface area (Å²) in [5, 5.41) is 8.05. The lowest BCUT2D eigenvalue weighted by atomic mass is 9.77. The van der Waals surface area contributed by atoms with Gasteiger partial charge >= 0.3 is 0 Å². The summed E-state index contributed by atoms with van der Waals surface area (Å²) < 4.78 is 3.26. The molecular weight excluding hydrogens is 302 g/mol. The summed E-state index contributed by atoms with van der Waals surface area (Å²) in [6.45, 7) is 6.52. The van der Waals surface area contributed by atoms with Crippen molar-refractivity contribution in [1.82, 2.24) is 15.1 Å². The zero-order valence-corrected chi connectivity index (χ0v) is 14.0. The average Bonchev–Trinajstić information content (AvgIpc) is 2.64. The zero-order chi connectivity index (χ0) is 13.8. The van der Waals surface area contributed by atoms with Gasteiger partial charge in [0.05, 0.1) is 15.9 Å². The van der Waals surface area contributed by atoms with Crippen LogP contribution in [0.3, 0.4) is 0 Å². The highest BCUT2D eigenvalue weighted by atomic mass is 79.9. The number of aromatic nitrogens is 2. The first-order valence-corrected chi connectivity index (χ1v) is 8.31. The van der Waals surface area contributed by atoms with E-state index in [1.165, 1.54) is 42.4 Å². The van der Waals surface area contributed by atoms with Crippen LogP contribution in [0.2, 0.25) is 0 Å². The van der Waals surface area contributed by atoms with Crippen molar-refractivity contribution in [2.45, 2.75) is 46.0 Å². The van der Waals surface area contributed by atoms with Gasteiger partial charge in [-0.1, -0.05) is 19.8 Å². The molecule has 0 radical (unpaired) electrons. The van der Waals surface area contributed by atoms with E-state index in [1.54, 1.807) is 0 Å². The van der Waals surface area contributed by atoms with E-state index in [-0.39, 0.29) is 0 Å². The molecule has 0 amide bonds. The first-order valence-electron chi connectivity index (χ1n) is 7.52. The Morgan fingerprint density at radius 1 is 1.32 bits per heavy atom. The predicted octanol–water partition coefficient (Wildman–Crippen LogP) is 3.45. The number of halogens is 1. The molecule has 1 aliphatic carbocycles. The largest absolute Gasteiger partial charge is 0.317 e. The van der Waals surface area contributed by atoms with Crippen molar-refractivity contribution in [1.29, 1.82) is 0 Å². The average molecular weight is 328 g/mol. The number of hydrogen-bond acceptors (Lipinski definition) is 2. The summed E-state index contributed by atoms with van der Waals surface area (Å²) in [4.78, 5) is 0. The van der Waals surface area contributed by atoms with Gasteiger partial charge < -0.3 is 5.32 Å². The fourth-order valence-electron chi connectivity index (χ4n) is 3.30. The molecule has 0 saturated heterocycles. The van der Waals surface area contributed by atoms with Crippen LogP contribution in [0.1, 0.15) is 44.0 Å². The van der Waals surface area contributed by atoms with Crippen molar-refractivity contribution in [3.05, 3.63) is 15.9 Å². The van der Waals surface area contributed by atoms with E-state index >= 15 is 0 Å². The van der Waals surface area contributed by atoms with Crippen LogP contribution in [0.4, 0.5) is 0 Å². The van der Waals surface area contributed by atoms with Crippen LogP contribution in [0, 0.1) is 18.8 Å². The van der Waals surface area contributed by atoms with Crippen molar-refractivity contribution in [2.75, 3.05) is 13.1 Å². The Labute approximate surface area is 125 Å². The Morgan fingerprint density at radius 3 is 2.58 bits per heavy atom. The lowest BCUT2D eigenvalue weighted by molar-refractivity contribution is 0.226. The van der Waals surface area contributed by atoms with Crippen molar-refractivity contribution < 1.29 is 0 Å². The van der Waals surface area contributed by atoms with Gasteiger partial charge in [-0.25, -0.2) is 0 Å². The van der Waals surface area contributed by atoms with Crippen molar-refractivity contribution in [3.63, 3.8) is 0 Å². The van der Waals surface area contributed by atoms with Gasteiger partial charge in [0.25, 0.3) is 0 Å². The minimum Gasteiger partial charge on any atom is -0.317 e. The zero-order valence-electron chi connectivity index (χ0n) is 12.4. The predicted molar refractivity (Wildman–Crippen MR) is 83.3 cm³/mol. The molecule has 1 fully saturated rings. The Morgan fingerprint density at radius 2 is 2.00 bits per heavy atom. The molecule has 1 aliphatic rings. The lowest BCUT2D eigenvalue weighted by Crippen LogP contribution is -2.32. The van der Waals surface area contributed by atoms with Gasteiger partial charge in [0.15, 0.2) is 0 Å². The molecule has 1 heterocycles. The van der Waals surface area contributed by atoms with Gasteiger partial charge in [-0.3, -0.25) is 4.68 Å². The Balaban J connectivity index is 2.06. The number of aryl methyl sites for hydroxylation is 2. The third-order valence-corrected chi connectivity index (χ3v) is 5.47. The summed E-state index contributed by atoms with van der Waals surface area (Å²) in [5.74, 6) is 1.63. The smallest absolute Gasteiger partial charge is 0.0738 e. The lowest BCUT2D eigenvalue weighted by Gasteiger charge is -2.32. The molecule has 19 heavy (non-hydrogen) atoms. The van der Waals surface area contributed by atoms with Crippen LogP contribution in [-0.2, 0) is 13.5 Å². The minimum absolute atomic E-state index is 0.805. The number of hydrogen-bond donors (Lipinski definition) is 1. The fourth-order valence-corrected chi connectivity index (χ4v) is 3.80. The van der Waals surface area contributed by atoms with Crippen LogP contribution in [0.15, 0.2) is 4.47 Å². The number of rotatable bonds is 5. The van der Waals surface area contributed by atoms with E-state index in [1.807, 2.05) is 0 Å². The standard InChI is InChI=1S/C15H26BrN3/c1-4-17-10-13-8-6-5-7-12(13)9-14-15(16)11(2)18-19(14)3/h12-13,17H,4-10H2,1-3H3. The van der Waals surface area contributed by atoms with Gasteiger partial charge in [-0.05, 0) is 67.0 Å². The molecule has 0 aromatic carbocycles. The van der Waals surface area contributed by atoms with Crippen molar-refractivity contribution in [2.24, 2.45) is 18.9 Å². The minimum atomic E-state index is 0.805. The molecule has 1 aromatic heterocycles. The van der Waals surface area contributed by atoms with Crippen LogP contribution >= 0.6 is 15.9 Å². The fraction of sp³-hybridized carbons (Fsp3) is 0.800. The van der Waals surface area contributed by atoms with Crippen LogP contribution in [0.25, 0.3) is 0 Å². The molecule has 4 heteroatoms. The Bertz CT molecular complexity index is 414. The monoisotopic (exact) mass is 327 g/mol. The van der Waals surface area contributed by atoms with E-state index in [0.717, 1.165) is 30.5 Å².